The molecule has 0 saturated heterocycles. The third kappa shape index (κ3) is 7.02. The van der Waals surface area contributed by atoms with Gasteiger partial charge in [-0.3, -0.25) is 4.79 Å². The van der Waals surface area contributed by atoms with E-state index in [-0.39, 0.29) is 30.8 Å². The summed E-state index contributed by atoms with van der Waals surface area (Å²) in [4.78, 5) is 24.6. The van der Waals surface area contributed by atoms with E-state index in [2.05, 4.69) is 0 Å². The lowest BCUT2D eigenvalue weighted by molar-refractivity contribution is -0.693. The number of Topliss-reactive ketones (excluding diaryl/α,β-unsaturated/α-hetero) is 1. The Morgan fingerprint density at radius 1 is 0.970 bits per heavy atom. The van der Waals surface area contributed by atoms with Crippen molar-refractivity contribution in [3.8, 4) is 5.75 Å². The van der Waals surface area contributed by atoms with Crippen LogP contribution >= 0.6 is 0 Å². The van der Waals surface area contributed by atoms with Crippen LogP contribution in [-0.2, 0) is 9.53 Å². The molecule has 176 valence electrons. The number of carbonyl (C=O) groups is 2. The minimum atomic E-state index is -0.594. The smallest absolute Gasteiger partial charge is 0.344 e. The predicted molar refractivity (Wildman–Crippen MR) is 123 cm³/mol. The van der Waals surface area contributed by atoms with Crippen LogP contribution in [0.15, 0.2) is 66.7 Å². The molecular formula is C26H30ClNO5. The second-order valence-corrected chi connectivity index (χ2v) is 7.66. The first kappa shape index (κ1) is 26.3. The van der Waals surface area contributed by atoms with Crippen molar-refractivity contribution in [3.05, 3.63) is 77.9 Å². The van der Waals surface area contributed by atoms with Gasteiger partial charge in [0.2, 0.25) is 0 Å². The summed E-state index contributed by atoms with van der Waals surface area (Å²) in [6, 6.07) is 20.4. The zero-order valence-corrected chi connectivity index (χ0v) is 19.6. The zero-order valence-electron chi connectivity index (χ0n) is 18.9. The molecule has 33 heavy (non-hydrogen) atoms. The summed E-state index contributed by atoms with van der Waals surface area (Å²) < 4.78 is 10.5. The molecule has 0 radical (unpaired) electrons. The van der Waals surface area contributed by atoms with E-state index in [9.17, 15) is 14.7 Å². The summed E-state index contributed by atoms with van der Waals surface area (Å²) in [6.07, 6.45) is -0.248. The number of ether oxygens (including phenoxy) is 2. The van der Waals surface area contributed by atoms with Crippen molar-refractivity contribution < 1.29 is 41.9 Å². The van der Waals surface area contributed by atoms with Gasteiger partial charge in [-0.25, -0.2) is 4.79 Å². The molecule has 7 heteroatoms. The number of carbonyl (C=O) groups excluding carboxylic acids is 2. The summed E-state index contributed by atoms with van der Waals surface area (Å²) in [5.74, 6) is 0.131. The van der Waals surface area contributed by atoms with E-state index in [1.165, 1.54) is 0 Å². The zero-order chi connectivity index (χ0) is 22.9. The summed E-state index contributed by atoms with van der Waals surface area (Å²) >= 11 is 0. The molecule has 2 unspecified atom stereocenters. The predicted octanol–water partition coefficient (Wildman–Crippen LogP) is 0.0440. The number of hydrogen-bond donors (Lipinski definition) is 2. The molecule has 3 aromatic carbocycles. The maximum absolute atomic E-state index is 12.9. The average molecular weight is 472 g/mol. The van der Waals surface area contributed by atoms with Gasteiger partial charge in [-0.1, -0.05) is 54.6 Å². The number of esters is 1. The second-order valence-electron chi connectivity index (χ2n) is 7.66. The normalized spacial score (nSPS) is 12.5. The van der Waals surface area contributed by atoms with E-state index < -0.39 is 12.1 Å². The third-order valence-electron chi connectivity index (χ3n) is 5.38. The van der Waals surface area contributed by atoms with Gasteiger partial charge in [0.15, 0.2) is 12.4 Å². The summed E-state index contributed by atoms with van der Waals surface area (Å²) in [5.41, 5.74) is 1.49. The van der Waals surface area contributed by atoms with Crippen LogP contribution in [0.25, 0.3) is 10.8 Å². The van der Waals surface area contributed by atoms with Crippen LogP contribution in [0.5, 0.6) is 5.75 Å². The number of rotatable bonds is 11. The molecule has 0 aliphatic rings. The lowest BCUT2D eigenvalue weighted by Gasteiger charge is -2.17. The summed E-state index contributed by atoms with van der Waals surface area (Å²) in [7, 11) is 0. The van der Waals surface area contributed by atoms with Crippen molar-refractivity contribution in [2.75, 3.05) is 19.8 Å². The number of benzene rings is 3. The van der Waals surface area contributed by atoms with Crippen molar-refractivity contribution in [1.82, 2.24) is 0 Å². The van der Waals surface area contributed by atoms with Crippen LogP contribution in [0.2, 0.25) is 0 Å². The second kappa shape index (κ2) is 12.9. The SMILES string of the molecule is CCOC(=O)COc1ccc(C(=O)CC[NH2+]C(C)C(O)c2ccccc2)c2ccccc12.[Cl-]. The van der Waals surface area contributed by atoms with Crippen LogP contribution in [0.4, 0.5) is 0 Å². The van der Waals surface area contributed by atoms with Gasteiger partial charge in [-0.15, -0.1) is 0 Å². The highest BCUT2D eigenvalue weighted by Crippen LogP contribution is 2.29. The molecule has 3 rings (SSSR count). The Morgan fingerprint density at radius 2 is 1.64 bits per heavy atom. The van der Waals surface area contributed by atoms with Gasteiger partial charge < -0.3 is 32.3 Å². The molecule has 3 N–H and O–H groups in total. The molecule has 0 aromatic heterocycles. The Hall–Kier alpha value is -2.93. The van der Waals surface area contributed by atoms with Crippen molar-refractivity contribution in [1.29, 1.82) is 0 Å². The Morgan fingerprint density at radius 3 is 2.33 bits per heavy atom. The minimum Gasteiger partial charge on any atom is -1.00 e. The highest BCUT2D eigenvalue weighted by Gasteiger charge is 2.20. The van der Waals surface area contributed by atoms with Crippen LogP contribution in [0.1, 0.15) is 42.3 Å². The first-order valence-electron chi connectivity index (χ1n) is 10.9. The molecule has 0 aliphatic heterocycles. The van der Waals surface area contributed by atoms with Gasteiger partial charge in [0, 0.05) is 10.9 Å². The fraction of sp³-hybridized carbons (Fsp3) is 0.308. The number of aliphatic hydroxyl groups excluding tert-OH is 1. The van der Waals surface area contributed by atoms with Crippen molar-refractivity contribution >= 4 is 22.5 Å². The van der Waals surface area contributed by atoms with Gasteiger partial charge in [-0.2, -0.15) is 0 Å². The molecule has 0 bridgehead atoms. The molecule has 0 amide bonds. The first-order chi connectivity index (χ1) is 15.5. The molecule has 0 fully saturated rings. The summed E-state index contributed by atoms with van der Waals surface area (Å²) in [6.45, 7) is 4.39. The molecule has 2 atom stereocenters. The molecule has 0 spiro atoms. The Kier molecular flexibility index (Phi) is 10.3. The number of nitrogens with two attached hydrogens (primary N) is 1. The molecule has 0 saturated carbocycles. The standard InChI is InChI=1S/C26H29NO5.ClH/c1-3-31-25(29)17-32-24-14-13-21(20-11-7-8-12-22(20)24)23(28)15-16-27-18(2)26(30)19-9-5-4-6-10-19;/h4-14,18,26-27,30H,3,15-17H2,1-2H3;1H. The highest BCUT2D eigenvalue weighted by atomic mass is 35.5. The number of ketones is 1. The lowest BCUT2D eigenvalue weighted by Crippen LogP contribution is -3.00. The number of hydrogen-bond acceptors (Lipinski definition) is 5. The largest absolute Gasteiger partial charge is 1.00 e. The monoisotopic (exact) mass is 471 g/mol. The fourth-order valence-corrected chi connectivity index (χ4v) is 3.67. The van der Waals surface area contributed by atoms with E-state index in [0.717, 1.165) is 16.3 Å². The Labute approximate surface area is 200 Å². The number of aliphatic hydroxyl groups is 1. The number of halogens is 1. The fourth-order valence-electron chi connectivity index (χ4n) is 3.67. The Bertz CT molecular complexity index is 1060. The number of quaternary nitrogens is 1. The van der Waals surface area contributed by atoms with Crippen LogP contribution in [-0.4, -0.2) is 42.7 Å². The molecule has 3 aromatic rings. The van der Waals surface area contributed by atoms with E-state index >= 15 is 0 Å². The van der Waals surface area contributed by atoms with Gasteiger partial charge in [-0.05, 0) is 36.9 Å². The molecule has 0 heterocycles. The number of fused-ring (bicyclic) bond motifs is 1. The topological polar surface area (TPSA) is 89.4 Å². The van der Waals surface area contributed by atoms with E-state index in [4.69, 9.17) is 9.47 Å². The van der Waals surface area contributed by atoms with E-state index in [0.29, 0.717) is 30.9 Å². The van der Waals surface area contributed by atoms with Gasteiger partial charge >= 0.3 is 5.97 Å². The minimum absolute atomic E-state index is 0. The van der Waals surface area contributed by atoms with Crippen molar-refractivity contribution in [3.63, 3.8) is 0 Å². The molecule has 0 aliphatic carbocycles. The van der Waals surface area contributed by atoms with Crippen molar-refractivity contribution in [2.24, 2.45) is 0 Å². The lowest BCUT2D eigenvalue weighted by atomic mass is 9.98. The van der Waals surface area contributed by atoms with Crippen molar-refractivity contribution in [2.45, 2.75) is 32.4 Å². The third-order valence-corrected chi connectivity index (χ3v) is 5.38. The van der Waals surface area contributed by atoms with Crippen LogP contribution < -0.4 is 22.5 Å². The van der Waals surface area contributed by atoms with E-state index in [1.54, 1.807) is 19.1 Å². The van der Waals surface area contributed by atoms with Gasteiger partial charge in [0.05, 0.1) is 19.6 Å². The molecular weight excluding hydrogens is 442 g/mol. The maximum atomic E-state index is 12.9. The molecule has 6 nitrogen and oxygen atoms in total. The summed E-state index contributed by atoms with van der Waals surface area (Å²) in [5, 5.41) is 14.1. The van der Waals surface area contributed by atoms with Crippen LogP contribution in [0, 0.1) is 0 Å². The van der Waals surface area contributed by atoms with Gasteiger partial charge in [0.1, 0.15) is 17.9 Å². The Balaban J connectivity index is 0.00000385. The quantitative estimate of drug-likeness (QED) is 0.304. The first-order valence-corrected chi connectivity index (χ1v) is 10.9. The van der Waals surface area contributed by atoms with E-state index in [1.807, 2.05) is 66.8 Å². The van der Waals surface area contributed by atoms with Gasteiger partial charge in [0.25, 0.3) is 0 Å². The maximum Gasteiger partial charge on any atom is 0.344 e. The highest BCUT2D eigenvalue weighted by molar-refractivity contribution is 6.09. The average Bonchev–Trinajstić information content (AvgIpc) is 2.82. The van der Waals surface area contributed by atoms with Crippen LogP contribution in [0.3, 0.4) is 0 Å².